The van der Waals surface area contributed by atoms with Crippen LogP contribution in [0.2, 0.25) is 0 Å². The lowest BCUT2D eigenvalue weighted by atomic mass is 10.1. The average molecular weight is 256 g/mol. The third kappa shape index (κ3) is 1.87. The van der Waals surface area contributed by atoms with E-state index < -0.39 is 6.03 Å². The molecule has 0 bridgehead atoms. The Morgan fingerprint density at radius 1 is 1.21 bits per heavy atom. The van der Waals surface area contributed by atoms with Gasteiger partial charge in [-0.2, -0.15) is 0 Å². The highest BCUT2D eigenvalue weighted by Crippen LogP contribution is 2.30. The number of anilines is 2. The summed E-state index contributed by atoms with van der Waals surface area (Å²) in [6.07, 6.45) is 3.62. The molecule has 3 rings (SSSR count). The minimum atomic E-state index is -0.411. The number of nitrogens with one attached hydrogen (secondary N) is 1. The Bertz CT molecular complexity index is 683. The number of hydrogen-bond donors (Lipinski definition) is 2. The summed E-state index contributed by atoms with van der Waals surface area (Å²) >= 11 is 0. The number of nitrogens with two attached hydrogens (primary N) is 1. The highest BCUT2D eigenvalue weighted by atomic mass is 16.2. The van der Waals surface area contributed by atoms with Crippen molar-refractivity contribution in [3.63, 3.8) is 0 Å². The molecule has 0 spiro atoms. The van der Waals surface area contributed by atoms with E-state index in [4.69, 9.17) is 5.73 Å². The second-order valence-corrected chi connectivity index (χ2v) is 4.35. The van der Waals surface area contributed by atoms with Crippen LogP contribution in [0.1, 0.15) is 6.42 Å². The molecule has 2 heterocycles. The molecule has 1 saturated heterocycles. The summed E-state index contributed by atoms with van der Waals surface area (Å²) in [6.45, 7) is 0.360. The van der Waals surface area contributed by atoms with Crippen molar-refractivity contribution in [3.8, 4) is 0 Å². The molecule has 1 fully saturated rings. The number of urea groups is 1. The quantitative estimate of drug-likeness (QED) is 0.752. The number of amides is 3. The first kappa shape index (κ1) is 11.5. The smallest absolute Gasteiger partial charge is 0.328 e. The van der Waals surface area contributed by atoms with Crippen LogP contribution < -0.4 is 16.0 Å². The van der Waals surface area contributed by atoms with Crippen molar-refractivity contribution >= 4 is 34.1 Å². The van der Waals surface area contributed by atoms with Crippen LogP contribution in [0.25, 0.3) is 10.8 Å². The Hall–Kier alpha value is -2.63. The molecule has 3 amide bonds. The second-order valence-electron chi connectivity index (χ2n) is 4.35. The van der Waals surface area contributed by atoms with Crippen LogP contribution in [0.5, 0.6) is 0 Å². The van der Waals surface area contributed by atoms with E-state index in [1.54, 1.807) is 30.6 Å². The van der Waals surface area contributed by atoms with E-state index in [0.717, 1.165) is 10.8 Å². The van der Waals surface area contributed by atoms with Crippen molar-refractivity contribution < 1.29 is 9.59 Å². The standard InChI is InChI=1S/C13H12N4O2/c14-10-1-2-11(9-7-15-5-3-8(9)10)17-6-4-12(18)16-13(17)19/h1-3,5,7H,4,6,14H2,(H,16,18,19). The fraction of sp³-hybridized carbons (Fsp3) is 0.154. The Kier molecular flexibility index (Phi) is 2.56. The predicted octanol–water partition coefficient (Wildman–Crippen LogP) is 1.26. The first-order valence-corrected chi connectivity index (χ1v) is 5.90. The summed E-state index contributed by atoms with van der Waals surface area (Å²) in [7, 11) is 0. The molecule has 1 aliphatic rings. The zero-order chi connectivity index (χ0) is 13.4. The van der Waals surface area contributed by atoms with Crippen LogP contribution in [0.4, 0.5) is 16.2 Å². The lowest BCUT2D eigenvalue weighted by Gasteiger charge is -2.27. The number of fused-ring (bicyclic) bond motifs is 1. The molecule has 19 heavy (non-hydrogen) atoms. The molecule has 0 atom stereocenters. The van der Waals surface area contributed by atoms with Crippen LogP contribution in [-0.2, 0) is 4.79 Å². The van der Waals surface area contributed by atoms with Gasteiger partial charge in [0.25, 0.3) is 0 Å². The van der Waals surface area contributed by atoms with Gasteiger partial charge in [-0.05, 0) is 18.2 Å². The molecule has 3 N–H and O–H groups in total. The second kappa shape index (κ2) is 4.24. The number of carbonyl (C=O) groups is 2. The van der Waals surface area contributed by atoms with Crippen molar-refractivity contribution in [1.29, 1.82) is 0 Å². The summed E-state index contributed by atoms with van der Waals surface area (Å²) < 4.78 is 0. The van der Waals surface area contributed by atoms with Crippen molar-refractivity contribution in [1.82, 2.24) is 10.3 Å². The Labute approximate surface area is 109 Å². The minimum Gasteiger partial charge on any atom is -0.398 e. The third-order valence-electron chi connectivity index (χ3n) is 3.17. The largest absolute Gasteiger partial charge is 0.398 e. The number of hydrogen-bond acceptors (Lipinski definition) is 4. The monoisotopic (exact) mass is 256 g/mol. The predicted molar refractivity (Wildman–Crippen MR) is 71.7 cm³/mol. The Balaban J connectivity index is 2.13. The molecule has 1 aromatic carbocycles. The molecule has 2 aromatic rings. The summed E-state index contributed by atoms with van der Waals surface area (Å²) in [5.74, 6) is -0.251. The Morgan fingerprint density at radius 3 is 2.84 bits per heavy atom. The number of imide groups is 1. The number of carbonyl (C=O) groups excluding carboxylic acids is 2. The molecule has 96 valence electrons. The molecule has 1 aliphatic heterocycles. The molecular formula is C13H12N4O2. The zero-order valence-corrected chi connectivity index (χ0v) is 10.1. The highest BCUT2D eigenvalue weighted by Gasteiger charge is 2.25. The van der Waals surface area contributed by atoms with Crippen molar-refractivity contribution in [3.05, 3.63) is 30.6 Å². The van der Waals surface area contributed by atoms with E-state index in [-0.39, 0.29) is 12.3 Å². The fourth-order valence-corrected chi connectivity index (χ4v) is 2.23. The fourth-order valence-electron chi connectivity index (χ4n) is 2.23. The Morgan fingerprint density at radius 2 is 2.05 bits per heavy atom. The molecule has 6 nitrogen and oxygen atoms in total. The number of nitrogen functional groups attached to an aromatic ring is 1. The minimum absolute atomic E-state index is 0.251. The van der Waals surface area contributed by atoms with E-state index in [1.165, 1.54) is 4.90 Å². The van der Waals surface area contributed by atoms with Crippen LogP contribution >= 0.6 is 0 Å². The molecule has 0 aliphatic carbocycles. The summed E-state index contributed by atoms with van der Waals surface area (Å²) in [4.78, 5) is 28.7. The van der Waals surface area contributed by atoms with Gasteiger partial charge >= 0.3 is 6.03 Å². The van der Waals surface area contributed by atoms with Gasteiger partial charge in [-0.3, -0.25) is 20.0 Å². The van der Waals surface area contributed by atoms with Gasteiger partial charge in [0.1, 0.15) is 0 Å². The first-order chi connectivity index (χ1) is 9.16. The van der Waals surface area contributed by atoms with Crippen LogP contribution in [0, 0.1) is 0 Å². The van der Waals surface area contributed by atoms with Gasteiger partial charge in [-0.15, -0.1) is 0 Å². The summed E-state index contributed by atoms with van der Waals surface area (Å²) in [5, 5.41) is 3.95. The van der Waals surface area contributed by atoms with Crippen LogP contribution in [-0.4, -0.2) is 23.5 Å². The van der Waals surface area contributed by atoms with Crippen molar-refractivity contribution in [2.45, 2.75) is 6.42 Å². The SMILES string of the molecule is Nc1ccc(N2CCC(=O)NC2=O)c2cnccc12. The van der Waals surface area contributed by atoms with Crippen LogP contribution in [0.15, 0.2) is 30.6 Å². The summed E-state index contributed by atoms with van der Waals surface area (Å²) in [5.41, 5.74) is 7.25. The molecule has 6 heteroatoms. The lowest BCUT2D eigenvalue weighted by Crippen LogP contribution is -2.49. The molecule has 0 unspecified atom stereocenters. The molecule has 0 saturated carbocycles. The first-order valence-electron chi connectivity index (χ1n) is 5.90. The molecule has 0 radical (unpaired) electrons. The van der Waals surface area contributed by atoms with Gasteiger partial charge < -0.3 is 5.73 Å². The lowest BCUT2D eigenvalue weighted by molar-refractivity contribution is -0.120. The van der Waals surface area contributed by atoms with Gasteiger partial charge in [-0.25, -0.2) is 4.79 Å². The van der Waals surface area contributed by atoms with E-state index >= 15 is 0 Å². The summed E-state index contributed by atoms with van der Waals surface area (Å²) in [6, 6.07) is 4.92. The van der Waals surface area contributed by atoms with Crippen molar-refractivity contribution in [2.24, 2.45) is 0 Å². The van der Waals surface area contributed by atoms with E-state index in [0.29, 0.717) is 17.9 Å². The maximum absolute atomic E-state index is 11.9. The van der Waals surface area contributed by atoms with Crippen molar-refractivity contribution in [2.75, 3.05) is 17.2 Å². The average Bonchev–Trinajstić information content (AvgIpc) is 2.41. The third-order valence-corrected chi connectivity index (χ3v) is 3.17. The van der Waals surface area contributed by atoms with Gasteiger partial charge in [0.2, 0.25) is 5.91 Å². The number of benzene rings is 1. The van der Waals surface area contributed by atoms with Gasteiger partial charge in [0.05, 0.1) is 5.69 Å². The topological polar surface area (TPSA) is 88.3 Å². The normalized spacial score (nSPS) is 15.7. The number of pyridine rings is 1. The maximum atomic E-state index is 11.9. The van der Waals surface area contributed by atoms with E-state index in [1.807, 2.05) is 0 Å². The zero-order valence-electron chi connectivity index (χ0n) is 10.1. The number of nitrogens with zero attached hydrogens (tertiary/aromatic N) is 2. The van der Waals surface area contributed by atoms with Gasteiger partial charge in [0.15, 0.2) is 0 Å². The molecule has 1 aromatic heterocycles. The van der Waals surface area contributed by atoms with Gasteiger partial charge in [0, 0.05) is 41.8 Å². The highest BCUT2D eigenvalue weighted by molar-refractivity contribution is 6.11. The van der Waals surface area contributed by atoms with Gasteiger partial charge in [-0.1, -0.05) is 0 Å². The number of rotatable bonds is 1. The van der Waals surface area contributed by atoms with E-state index in [9.17, 15) is 9.59 Å². The number of aromatic nitrogens is 1. The van der Waals surface area contributed by atoms with E-state index in [2.05, 4.69) is 10.3 Å². The maximum Gasteiger partial charge on any atom is 0.328 e. The van der Waals surface area contributed by atoms with Crippen LogP contribution in [0.3, 0.4) is 0 Å². The molecular weight excluding hydrogens is 244 g/mol.